The summed E-state index contributed by atoms with van der Waals surface area (Å²) in [6.07, 6.45) is 10.0. The highest BCUT2D eigenvalue weighted by Crippen LogP contribution is 2.46. The van der Waals surface area contributed by atoms with Gasteiger partial charge in [-0.15, -0.1) is 0 Å². The van der Waals surface area contributed by atoms with E-state index in [0.717, 1.165) is 77.6 Å². The summed E-state index contributed by atoms with van der Waals surface area (Å²) in [5, 5.41) is 3.78. The molecule has 3 fully saturated rings. The van der Waals surface area contributed by atoms with Crippen molar-refractivity contribution in [2.75, 3.05) is 13.1 Å². The second-order valence-corrected chi connectivity index (χ2v) is 13.4. The lowest BCUT2D eigenvalue weighted by atomic mass is 9.84. The van der Waals surface area contributed by atoms with Gasteiger partial charge in [-0.1, -0.05) is 47.5 Å². The number of fused-ring (bicyclic) bond motifs is 2. The molecule has 2 amide bonds. The summed E-state index contributed by atoms with van der Waals surface area (Å²) in [5.41, 5.74) is 7.57. The molecule has 9 heteroatoms. The number of hydrogen-bond acceptors (Lipinski definition) is 5. The van der Waals surface area contributed by atoms with Crippen LogP contribution in [0.3, 0.4) is 0 Å². The zero-order valence-electron chi connectivity index (χ0n) is 25.4. The molecular formula is C35H37ClN4O4. The Labute approximate surface area is 262 Å². The topological polar surface area (TPSA) is 85.7 Å². The largest absolute Gasteiger partial charge is 0.443 e. The lowest BCUT2D eigenvalue weighted by molar-refractivity contribution is 0.0566. The van der Waals surface area contributed by atoms with Crippen LogP contribution in [0.15, 0.2) is 60.6 Å². The Morgan fingerprint density at radius 2 is 1.66 bits per heavy atom. The van der Waals surface area contributed by atoms with Gasteiger partial charge >= 0.3 is 12.2 Å². The van der Waals surface area contributed by atoms with E-state index in [9.17, 15) is 9.59 Å². The summed E-state index contributed by atoms with van der Waals surface area (Å²) in [6, 6.07) is 13.8. The normalized spacial score (nSPS) is 20.0. The molecule has 1 N–H and O–H groups in total. The standard InChI is InChI=1S/C35H37ClN4O4/c1-34(12-13-34)43-32(41)38-31(29-20-37-21-39(29)3)28-18-23-6-4-5-7-25(23)30(26-9-8-24(36)19-27(26)28)22-10-16-40(17-11-22)33(42)44-35(2)14-15-35/h4-9,18-21,31H,10-17H2,1-3H3,(H,38,41). The van der Waals surface area contributed by atoms with Gasteiger partial charge in [0.2, 0.25) is 0 Å². The molecule has 0 radical (unpaired) electrons. The summed E-state index contributed by atoms with van der Waals surface area (Å²) in [6.45, 7) is 5.15. The first-order chi connectivity index (χ1) is 21.1. The van der Waals surface area contributed by atoms with Gasteiger partial charge in [-0.3, -0.25) is 0 Å². The highest BCUT2D eigenvalue weighted by Gasteiger charge is 2.44. The van der Waals surface area contributed by atoms with Crippen molar-refractivity contribution in [2.45, 2.75) is 69.6 Å². The molecular weight excluding hydrogens is 576 g/mol. The fraction of sp³-hybridized carbons (Fsp3) is 0.400. The van der Waals surface area contributed by atoms with Crippen molar-refractivity contribution in [1.82, 2.24) is 19.8 Å². The molecule has 1 saturated heterocycles. The van der Waals surface area contributed by atoms with E-state index in [4.69, 9.17) is 21.1 Å². The van der Waals surface area contributed by atoms with Gasteiger partial charge in [-0.05, 0) is 104 Å². The second kappa shape index (κ2) is 10.8. The average Bonchev–Trinajstić information content (AvgIpc) is 3.88. The van der Waals surface area contributed by atoms with Crippen LogP contribution >= 0.6 is 11.6 Å². The summed E-state index contributed by atoms with van der Waals surface area (Å²) >= 11 is 6.68. The lowest BCUT2D eigenvalue weighted by Crippen LogP contribution is -2.38. The molecule has 4 aliphatic rings. The molecule has 3 aromatic rings. The van der Waals surface area contributed by atoms with Gasteiger partial charge in [-0.25, -0.2) is 14.6 Å². The molecule has 3 aliphatic carbocycles. The maximum absolute atomic E-state index is 13.3. The van der Waals surface area contributed by atoms with Gasteiger partial charge < -0.3 is 24.3 Å². The number of hydrogen-bond donors (Lipinski definition) is 1. The first kappa shape index (κ1) is 28.7. The molecule has 1 atom stereocenters. The van der Waals surface area contributed by atoms with Crippen LogP contribution in [0.25, 0.3) is 17.2 Å². The number of aryl methyl sites for hydroxylation is 1. The van der Waals surface area contributed by atoms with E-state index in [2.05, 4.69) is 40.6 Å². The first-order valence-corrected chi connectivity index (χ1v) is 15.8. The number of amides is 2. The van der Waals surface area contributed by atoms with Crippen LogP contribution in [0.1, 0.15) is 86.4 Å². The van der Waals surface area contributed by atoms with Crippen LogP contribution in [0.4, 0.5) is 9.59 Å². The van der Waals surface area contributed by atoms with E-state index >= 15 is 0 Å². The predicted octanol–water partition coefficient (Wildman–Crippen LogP) is 7.53. The number of imidazole rings is 1. The van der Waals surface area contributed by atoms with E-state index in [0.29, 0.717) is 18.1 Å². The summed E-state index contributed by atoms with van der Waals surface area (Å²) < 4.78 is 13.5. The van der Waals surface area contributed by atoms with E-state index in [1.165, 1.54) is 5.57 Å². The first-order valence-electron chi connectivity index (χ1n) is 15.4. The van der Waals surface area contributed by atoms with Gasteiger partial charge in [0.15, 0.2) is 0 Å². The van der Waals surface area contributed by atoms with Crippen molar-refractivity contribution in [1.29, 1.82) is 0 Å². The second-order valence-electron chi connectivity index (χ2n) is 13.0. The van der Waals surface area contributed by atoms with E-state index in [-0.39, 0.29) is 11.7 Å². The molecule has 1 aromatic heterocycles. The minimum absolute atomic E-state index is 0.219. The van der Waals surface area contributed by atoms with E-state index < -0.39 is 17.7 Å². The molecule has 2 heterocycles. The number of aromatic nitrogens is 2. The highest BCUT2D eigenvalue weighted by atomic mass is 35.5. The van der Waals surface area contributed by atoms with Gasteiger partial charge in [0.05, 0.1) is 18.2 Å². The molecule has 0 bridgehead atoms. The Balaban J connectivity index is 1.31. The number of carbonyl (C=O) groups is 2. The average molecular weight is 613 g/mol. The van der Waals surface area contributed by atoms with Crippen LogP contribution in [-0.4, -0.2) is 50.9 Å². The number of alkyl carbamates (subject to hydrolysis) is 1. The number of nitrogens with zero attached hydrogens (tertiary/aromatic N) is 3. The monoisotopic (exact) mass is 612 g/mol. The van der Waals surface area contributed by atoms with Crippen molar-refractivity contribution in [3.63, 3.8) is 0 Å². The van der Waals surface area contributed by atoms with Crippen LogP contribution in [0.5, 0.6) is 0 Å². The Morgan fingerprint density at radius 3 is 2.34 bits per heavy atom. The summed E-state index contributed by atoms with van der Waals surface area (Å²) in [7, 11) is 1.92. The van der Waals surface area contributed by atoms with E-state index in [1.807, 2.05) is 48.6 Å². The third kappa shape index (κ3) is 5.63. The zero-order valence-corrected chi connectivity index (χ0v) is 26.1. The van der Waals surface area contributed by atoms with Crippen molar-refractivity contribution < 1.29 is 19.1 Å². The predicted molar refractivity (Wildman–Crippen MR) is 170 cm³/mol. The van der Waals surface area contributed by atoms with Gasteiger partial charge in [0.1, 0.15) is 17.2 Å². The van der Waals surface area contributed by atoms with Gasteiger partial charge in [0.25, 0.3) is 0 Å². The van der Waals surface area contributed by atoms with Crippen LogP contribution < -0.4 is 5.32 Å². The Kier molecular flexibility index (Phi) is 7.08. The molecule has 2 saturated carbocycles. The molecule has 1 unspecified atom stereocenters. The van der Waals surface area contributed by atoms with Gasteiger partial charge in [0, 0.05) is 25.2 Å². The Morgan fingerprint density at radius 1 is 0.955 bits per heavy atom. The maximum Gasteiger partial charge on any atom is 0.410 e. The number of halogens is 1. The lowest BCUT2D eigenvalue weighted by Gasteiger charge is -2.31. The Bertz CT molecular complexity index is 1700. The molecule has 8 nitrogen and oxygen atoms in total. The van der Waals surface area contributed by atoms with Crippen molar-refractivity contribution in [3.05, 3.63) is 93.5 Å². The zero-order chi connectivity index (χ0) is 30.6. The summed E-state index contributed by atoms with van der Waals surface area (Å²) in [4.78, 5) is 32.4. The third-order valence-corrected chi connectivity index (χ3v) is 9.62. The molecule has 2 aromatic carbocycles. The molecule has 0 spiro atoms. The van der Waals surface area contributed by atoms with Crippen LogP contribution in [0, 0.1) is 0 Å². The smallest absolute Gasteiger partial charge is 0.410 e. The quantitative estimate of drug-likeness (QED) is 0.322. The number of piperidine rings is 1. The van der Waals surface area contributed by atoms with E-state index in [1.54, 1.807) is 12.5 Å². The maximum atomic E-state index is 13.3. The van der Waals surface area contributed by atoms with Crippen molar-refractivity contribution in [2.24, 2.45) is 7.05 Å². The van der Waals surface area contributed by atoms with Gasteiger partial charge in [-0.2, -0.15) is 0 Å². The van der Waals surface area contributed by atoms with Crippen LogP contribution in [-0.2, 0) is 16.5 Å². The fourth-order valence-corrected chi connectivity index (χ4v) is 6.37. The minimum atomic E-state index is -0.549. The number of likely N-dealkylation sites (tertiary alicyclic amines) is 1. The molecule has 1 aliphatic heterocycles. The molecule has 228 valence electrons. The van der Waals surface area contributed by atoms with Crippen molar-refractivity contribution >= 4 is 41.0 Å². The number of ether oxygens (including phenoxy) is 2. The number of carbonyl (C=O) groups excluding carboxylic acids is 2. The number of rotatable bonds is 5. The number of nitrogens with one attached hydrogen (secondary N) is 1. The highest BCUT2D eigenvalue weighted by molar-refractivity contribution is 6.31. The molecule has 44 heavy (non-hydrogen) atoms. The minimum Gasteiger partial charge on any atom is -0.443 e. The third-order valence-electron chi connectivity index (χ3n) is 9.39. The fourth-order valence-electron chi connectivity index (χ4n) is 6.20. The SMILES string of the molecule is Cn1cncc1C(NC(=O)OC1(C)CC1)C1=Cc2ccccc2C(=C2CCN(C(=O)OC3(C)CC3)CC2)c2ccc(Cl)cc21. The summed E-state index contributed by atoms with van der Waals surface area (Å²) in [5.74, 6) is 0. The van der Waals surface area contributed by atoms with Crippen molar-refractivity contribution in [3.8, 4) is 0 Å². The van der Waals surface area contributed by atoms with Crippen LogP contribution in [0.2, 0.25) is 5.02 Å². The molecule has 7 rings (SSSR count). The Hall–Kier alpha value is -4.04. The number of benzene rings is 2.